The van der Waals surface area contributed by atoms with Crippen LogP contribution in [0.4, 0.5) is 11.4 Å². The zero-order valence-corrected chi connectivity index (χ0v) is 14.3. The highest BCUT2D eigenvalue weighted by atomic mass is 16.5. The van der Waals surface area contributed by atoms with E-state index in [0.717, 1.165) is 17.7 Å². The Morgan fingerprint density at radius 1 is 1.15 bits per heavy atom. The van der Waals surface area contributed by atoms with Crippen LogP contribution in [0.5, 0.6) is 0 Å². The number of hydrogen-bond donors (Lipinski definition) is 1. The van der Waals surface area contributed by atoms with Crippen LogP contribution >= 0.6 is 0 Å². The molecule has 2 aliphatic heterocycles. The number of imide groups is 1. The van der Waals surface area contributed by atoms with E-state index in [-0.39, 0.29) is 17.8 Å². The molecule has 4 rings (SSSR count). The van der Waals surface area contributed by atoms with Crippen LogP contribution in [0.25, 0.3) is 0 Å². The Morgan fingerprint density at radius 3 is 2.50 bits per heavy atom. The highest BCUT2D eigenvalue weighted by Crippen LogP contribution is 2.34. The molecule has 0 fully saturated rings. The SMILES string of the molecule is CCCOC(=O)[C@@H]1Cc2ccc(N3C(=O)c4ccccc4C3=O)cc2N1. The molecule has 6 heteroatoms. The van der Waals surface area contributed by atoms with E-state index in [1.165, 1.54) is 4.90 Å². The number of rotatable bonds is 4. The van der Waals surface area contributed by atoms with Crippen LogP contribution in [0.1, 0.15) is 39.6 Å². The van der Waals surface area contributed by atoms with E-state index in [4.69, 9.17) is 4.74 Å². The third-order valence-electron chi connectivity index (χ3n) is 4.63. The molecule has 0 saturated carbocycles. The highest BCUT2D eigenvalue weighted by Gasteiger charge is 2.37. The number of hydrogen-bond acceptors (Lipinski definition) is 5. The fraction of sp³-hybridized carbons (Fsp3) is 0.250. The molecule has 0 spiro atoms. The summed E-state index contributed by atoms with van der Waals surface area (Å²) in [7, 11) is 0. The molecule has 0 radical (unpaired) electrons. The summed E-state index contributed by atoms with van der Waals surface area (Å²) in [5, 5.41) is 3.13. The van der Waals surface area contributed by atoms with Crippen LogP contribution in [0, 0.1) is 0 Å². The molecule has 2 amide bonds. The smallest absolute Gasteiger partial charge is 0.328 e. The Morgan fingerprint density at radius 2 is 1.85 bits per heavy atom. The van der Waals surface area contributed by atoms with Gasteiger partial charge in [0.15, 0.2) is 0 Å². The van der Waals surface area contributed by atoms with Crippen molar-refractivity contribution in [2.24, 2.45) is 0 Å². The molecule has 2 aromatic carbocycles. The van der Waals surface area contributed by atoms with Gasteiger partial charge in [-0.3, -0.25) is 9.59 Å². The van der Waals surface area contributed by atoms with Crippen LogP contribution < -0.4 is 10.2 Å². The number of nitrogens with one attached hydrogen (secondary N) is 1. The van der Waals surface area contributed by atoms with Gasteiger partial charge in [0.2, 0.25) is 0 Å². The van der Waals surface area contributed by atoms with Gasteiger partial charge in [0.05, 0.1) is 23.4 Å². The van der Waals surface area contributed by atoms with Crippen LogP contribution in [0.3, 0.4) is 0 Å². The average molecular weight is 350 g/mol. The number of esters is 1. The van der Waals surface area contributed by atoms with E-state index in [9.17, 15) is 14.4 Å². The maximum absolute atomic E-state index is 12.6. The first-order chi connectivity index (χ1) is 12.6. The third kappa shape index (κ3) is 2.54. The lowest BCUT2D eigenvalue weighted by molar-refractivity contribution is -0.144. The molecule has 1 atom stereocenters. The van der Waals surface area contributed by atoms with Gasteiger partial charge in [-0.1, -0.05) is 25.1 Å². The molecular weight excluding hydrogens is 332 g/mol. The monoisotopic (exact) mass is 350 g/mol. The molecule has 0 unspecified atom stereocenters. The van der Waals surface area contributed by atoms with Gasteiger partial charge < -0.3 is 10.1 Å². The fourth-order valence-corrected chi connectivity index (χ4v) is 3.34. The van der Waals surface area contributed by atoms with Gasteiger partial charge in [-0.05, 0) is 36.2 Å². The molecule has 0 aromatic heterocycles. The normalized spacial score (nSPS) is 17.7. The van der Waals surface area contributed by atoms with Crippen molar-refractivity contribution in [3.8, 4) is 0 Å². The lowest BCUT2D eigenvalue weighted by Crippen LogP contribution is -2.30. The Bertz CT molecular complexity index is 887. The van der Waals surface area contributed by atoms with Crippen molar-refractivity contribution in [2.45, 2.75) is 25.8 Å². The van der Waals surface area contributed by atoms with Gasteiger partial charge in [-0.15, -0.1) is 0 Å². The second-order valence-corrected chi connectivity index (χ2v) is 6.40. The number of benzene rings is 2. The Labute approximate surface area is 150 Å². The third-order valence-corrected chi connectivity index (χ3v) is 4.63. The van der Waals surface area contributed by atoms with Crippen LogP contribution in [-0.2, 0) is 16.0 Å². The summed E-state index contributed by atoms with van der Waals surface area (Å²) in [5.74, 6) is -0.949. The van der Waals surface area contributed by atoms with Gasteiger partial charge in [0.25, 0.3) is 11.8 Å². The Kier molecular flexibility index (Phi) is 3.95. The highest BCUT2D eigenvalue weighted by molar-refractivity contribution is 6.34. The largest absolute Gasteiger partial charge is 0.464 e. The summed E-state index contributed by atoms with van der Waals surface area (Å²) < 4.78 is 5.19. The molecule has 0 aliphatic carbocycles. The number of ether oxygens (including phenoxy) is 1. The van der Waals surface area contributed by atoms with Crippen molar-refractivity contribution in [3.05, 3.63) is 59.2 Å². The minimum Gasteiger partial charge on any atom is -0.464 e. The minimum atomic E-state index is -0.436. The average Bonchev–Trinajstić information content (AvgIpc) is 3.19. The molecule has 6 nitrogen and oxygen atoms in total. The summed E-state index contributed by atoms with van der Waals surface area (Å²) >= 11 is 0. The van der Waals surface area contributed by atoms with E-state index >= 15 is 0 Å². The lowest BCUT2D eigenvalue weighted by Gasteiger charge is -2.15. The molecular formula is C20H18N2O4. The van der Waals surface area contributed by atoms with Gasteiger partial charge in [0.1, 0.15) is 6.04 Å². The molecule has 1 N–H and O–H groups in total. The summed E-state index contributed by atoms with van der Waals surface area (Å²) in [4.78, 5) is 38.5. The van der Waals surface area contributed by atoms with Crippen molar-refractivity contribution in [2.75, 3.05) is 16.8 Å². The fourth-order valence-electron chi connectivity index (χ4n) is 3.34. The zero-order valence-electron chi connectivity index (χ0n) is 14.3. The van der Waals surface area contributed by atoms with Gasteiger partial charge in [-0.25, -0.2) is 9.69 Å². The number of fused-ring (bicyclic) bond motifs is 2. The Hall–Kier alpha value is -3.15. The molecule has 0 saturated heterocycles. The van der Waals surface area contributed by atoms with E-state index < -0.39 is 6.04 Å². The van der Waals surface area contributed by atoms with Crippen molar-refractivity contribution >= 4 is 29.2 Å². The zero-order chi connectivity index (χ0) is 18.3. The topological polar surface area (TPSA) is 75.7 Å². The van der Waals surface area contributed by atoms with Crippen molar-refractivity contribution in [3.63, 3.8) is 0 Å². The van der Waals surface area contributed by atoms with Gasteiger partial charge >= 0.3 is 5.97 Å². The predicted molar refractivity (Wildman–Crippen MR) is 96.4 cm³/mol. The predicted octanol–water partition coefficient (Wildman–Crippen LogP) is 2.78. The first kappa shape index (κ1) is 16.3. The molecule has 132 valence electrons. The maximum atomic E-state index is 12.6. The first-order valence-corrected chi connectivity index (χ1v) is 8.64. The minimum absolute atomic E-state index is 0.287. The van der Waals surface area contributed by atoms with Crippen LogP contribution in [0.2, 0.25) is 0 Å². The summed E-state index contributed by atoms with van der Waals surface area (Å²) in [6.07, 6.45) is 1.30. The molecule has 2 aromatic rings. The number of carbonyl (C=O) groups excluding carboxylic acids is 3. The maximum Gasteiger partial charge on any atom is 0.328 e. The molecule has 26 heavy (non-hydrogen) atoms. The summed E-state index contributed by atoms with van der Waals surface area (Å²) in [5.41, 5.74) is 3.02. The van der Waals surface area contributed by atoms with Crippen molar-refractivity contribution < 1.29 is 19.1 Å². The number of carbonyl (C=O) groups is 3. The van der Waals surface area contributed by atoms with Gasteiger partial charge in [0, 0.05) is 12.1 Å². The molecule has 2 heterocycles. The van der Waals surface area contributed by atoms with E-state index in [1.54, 1.807) is 36.4 Å². The van der Waals surface area contributed by atoms with E-state index in [1.807, 2.05) is 13.0 Å². The lowest BCUT2D eigenvalue weighted by atomic mass is 10.1. The van der Waals surface area contributed by atoms with Crippen LogP contribution in [0.15, 0.2) is 42.5 Å². The second-order valence-electron chi connectivity index (χ2n) is 6.40. The van der Waals surface area contributed by atoms with Crippen molar-refractivity contribution in [1.82, 2.24) is 0 Å². The van der Waals surface area contributed by atoms with E-state index in [2.05, 4.69) is 5.32 Å². The molecule has 0 bridgehead atoms. The number of amides is 2. The van der Waals surface area contributed by atoms with E-state index in [0.29, 0.717) is 29.8 Å². The summed E-state index contributed by atoms with van der Waals surface area (Å²) in [6, 6.07) is 11.7. The summed E-state index contributed by atoms with van der Waals surface area (Å²) in [6.45, 7) is 2.34. The van der Waals surface area contributed by atoms with Crippen LogP contribution in [-0.4, -0.2) is 30.4 Å². The number of anilines is 2. The first-order valence-electron chi connectivity index (χ1n) is 8.64. The quantitative estimate of drug-likeness (QED) is 0.678. The Balaban J connectivity index is 1.58. The molecule has 2 aliphatic rings. The van der Waals surface area contributed by atoms with Gasteiger partial charge in [-0.2, -0.15) is 0 Å². The standard InChI is InChI=1S/C20H18N2O4/c1-2-9-26-20(25)17-10-12-7-8-13(11-16(12)21-17)22-18(23)14-5-3-4-6-15(14)19(22)24/h3-8,11,17,21H,2,9-10H2,1H3/t17-/m0/s1. The number of nitrogens with zero attached hydrogens (tertiary/aromatic N) is 1. The van der Waals surface area contributed by atoms with Crippen molar-refractivity contribution in [1.29, 1.82) is 0 Å². The second kappa shape index (κ2) is 6.29.